The maximum Gasteiger partial charge on any atom is 0.292 e. The van der Waals surface area contributed by atoms with Gasteiger partial charge in [0.1, 0.15) is 5.76 Å². The zero-order chi connectivity index (χ0) is 8.55. The fourth-order valence-corrected chi connectivity index (χ4v) is 1.64. The number of rotatable bonds is 2. The van der Waals surface area contributed by atoms with Crippen LogP contribution in [0.5, 0.6) is 0 Å². The molecule has 12 heavy (non-hydrogen) atoms. The normalized spacial score (nSPS) is 17.8. The minimum Gasteiger partial charge on any atom is -0.429 e. The molecule has 2 rings (SSSR count). The molecule has 0 aromatic carbocycles. The predicted molar refractivity (Wildman–Crippen MR) is 46.9 cm³/mol. The minimum absolute atomic E-state index is 0.328. The van der Waals surface area contributed by atoms with Gasteiger partial charge in [-0.15, -0.1) is 0 Å². The van der Waals surface area contributed by atoms with E-state index in [1.54, 1.807) is 0 Å². The van der Waals surface area contributed by atoms with Gasteiger partial charge in [-0.05, 0) is 12.8 Å². The van der Waals surface area contributed by atoms with E-state index >= 15 is 0 Å². The number of nitrogens with two attached hydrogens (primary N) is 1. The molecule has 0 radical (unpaired) electrons. The zero-order valence-electron chi connectivity index (χ0n) is 7.34. The van der Waals surface area contributed by atoms with E-state index < -0.39 is 0 Å². The summed E-state index contributed by atoms with van der Waals surface area (Å²) < 4.78 is 5.29. The summed E-state index contributed by atoms with van der Waals surface area (Å²) in [5.41, 5.74) is 6.61. The second-order valence-corrected chi connectivity index (χ2v) is 3.34. The van der Waals surface area contributed by atoms with Gasteiger partial charge in [-0.2, -0.15) is 4.98 Å². The summed E-state index contributed by atoms with van der Waals surface area (Å²) >= 11 is 0. The molecule has 0 aliphatic heterocycles. The highest BCUT2D eigenvalue weighted by atomic mass is 16.4. The number of aromatic nitrogens is 1. The van der Waals surface area contributed by atoms with Gasteiger partial charge >= 0.3 is 0 Å². The Hall–Kier alpha value is -0.990. The molecule has 0 amide bonds. The van der Waals surface area contributed by atoms with Gasteiger partial charge in [-0.1, -0.05) is 13.3 Å². The van der Waals surface area contributed by atoms with E-state index in [1.807, 2.05) is 0 Å². The van der Waals surface area contributed by atoms with Crippen molar-refractivity contribution < 1.29 is 4.42 Å². The van der Waals surface area contributed by atoms with Crippen molar-refractivity contribution in [2.45, 2.75) is 38.5 Å². The van der Waals surface area contributed by atoms with Gasteiger partial charge in [0, 0.05) is 12.3 Å². The lowest BCUT2D eigenvalue weighted by Gasteiger charge is -2.23. The van der Waals surface area contributed by atoms with Crippen LogP contribution in [0.3, 0.4) is 0 Å². The maximum absolute atomic E-state index is 5.49. The van der Waals surface area contributed by atoms with Crippen molar-refractivity contribution in [2.24, 2.45) is 0 Å². The van der Waals surface area contributed by atoms with Crippen molar-refractivity contribution in [2.75, 3.05) is 5.73 Å². The van der Waals surface area contributed by atoms with Crippen LogP contribution in [0.4, 0.5) is 6.01 Å². The van der Waals surface area contributed by atoms with E-state index in [-0.39, 0.29) is 0 Å². The monoisotopic (exact) mass is 166 g/mol. The summed E-state index contributed by atoms with van der Waals surface area (Å²) in [4.78, 5) is 4.21. The summed E-state index contributed by atoms with van der Waals surface area (Å²) in [7, 11) is 0. The third kappa shape index (κ3) is 1.09. The predicted octanol–water partition coefficient (Wildman–Crippen LogP) is 2.09. The van der Waals surface area contributed by atoms with Gasteiger partial charge < -0.3 is 10.2 Å². The number of nitrogen functional groups attached to an aromatic ring is 1. The first-order valence-corrected chi connectivity index (χ1v) is 4.56. The lowest BCUT2D eigenvalue weighted by atomic mass is 9.82. The van der Waals surface area contributed by atoms with Crippen LogP contribution in [0.25, 0.3) is 0 Å². The fourth-order valence-electron chi connectivity index (χ4n) is 1.64. The van der Waals surface area contributed by atoms with Gasteiger partial charge in [0.2, 0.25) is 0 Å². The minimum atomic E-state index is 0.328. The highest BCUT2D eigenvalue weighted by Gasteiger charge is 2.25. The summed E-state index contributed by atoms with van der Waals surface area (Å²) in [5.74, 6) is 1.61. The van der Waals surface area contributed by atoms with E-state index in [0.717, 1.165) is 17.9 Å². The molecule has 0 bridgehead atoms. The first-order chi connectivity index (χ1) is 5.81. The molecule has 1 fully saturated rings. The third-order valence-corrected chi connectivity index (χ3v) is 2.56. The van der Waals surface area contributed by atoms with Crippen LogP contribution in [0.1, 0.15) is 43.6 Å². The van der Waals surface area contributed by atoms with Crippen LogP contribution in [0, 0.1) is 0 Å². The molecule has 2 N–H and O–H groups in total. The molecule has 0 unspecified atom stereocenters. The molecule has 3 heteroatoms. The van der Waals surface area contributed by atoms with Gasteiger partial charge in [-0.3, -0.25) is 0 Å². The van der Waals surface area contributed by atoms with Crippen LogP contribution in [-0.4, -0.2) is 4.98 Å². The Labute approximate surface area is 72.0 Å². The molecule has 0 atom stereocenters. The molecular formula is C9H14N2O. The summed E-state index contributed by atoms with van der Waals surface area (Å²) in [6, 6.07) is 0.328. The van der Waals surface area contributed by atoms with E-state index in [4.69, 9.17) is 10.2 Å². The molecule has 1 aliphatic carbocycles. The van der Waals surface area contributed by atoms with Crippen molar-refractivity contribution in [3.05, 3.63) is 11.5 Å². The van der Waals surface area contributed by atoms with Gasteiger partial charge in [0.15, 0.2) is 0 Å². The number of nitrogens with zero attached hydrogens (tertiary/aromatic N) is 1. The molecule has 3 nitrogen and oxygen atoms in total. The van der Waals surface area contributed by atoms with Crippen LogP contribution in [0.15, 0.2) is 4.42 Å². The smallest absolute Gasteiger partial charge is 0.292 e. The first-order valence-electron chi connectivity index (χ1n) is 4.56. The molecule has 0 saturated heterocycles. The van der Waals surface area contributed by atoms with Crippen molar-refractivity contribution >= 4 is 6.01 Å². The van der Waals surface area contributed by atoms with Crippen molar-refractivity contribution in [3.63, 3.8) is 0 Å². The lowest BCUT2D eigenvalue weighted by molar-refractivity contribution is 0.403. The third-order valence-electron chi connectivity index (χ3n) is 2.56. The first kappa shape index (κ1) is 7.65. The SMILES string of the molecule is CCc1oc(N)nc1C1CCC1. The van der Waals surface area contributed by atoms with E-state index in [1.165, 1.54) is 19.3 Å². The Kier molecular flexibility index (Phi) is 1.79. The molecule has 1 aromatic heterocycles. The number of hydrogen-bond acceptors (Lipinski definition) is 3. The average Bonchev–Trinajstić information content (AvgIpc) is 2.27. The lowest BCUT2D eigenvalue weighted by Crippen LogP contribution is -2.10. The Bertz CT molecular complexity index is 276. The van der Waals surface area contributed by atoms with Gasteiger partial charge in [0.05, 0.1) is 5.69 Å². The van der Waals surface area contributed by atoms with Gasteiger partial charge in [0.25, 0.3) is 6.01 Å². The quantitative estimate of drug-likeness (QED) is 0.731. The Balaban J connectivity index is 2.27. The molecule has 1 aromatic rings. The van der Waals surface area contributed by atoms with E-state index in [0.29, 0.717) is 11.9 Å². The molecular weight excluding hydrogens is 152 g/mol. The highest BCUT2D eigenvalue weighted by molar-refractivity contribution is 5.24. The topological polar surface area (TPSA) is 52.0 Å². The number of oxazole rings is 1. The second kappa shape index (κ2) is 2.81. The zero-order valence-corrected chi connectivity index (χ0v) is 7.34. The fraction of sp³-hybridized carbons (Fsp3) is 0.667. The van der Waals surface area contributed by atoms with Crippen LogP contribution < -0.4 is 5.73 Å². The van der Waals surface area contributed by atoms with Crippen molar-refractivity contribution in [1.82, 2.24) is 4.98 Å². The molecule has 1 saturated carbocycles. The molecule has 66 valence electrons. The van der Waals surface area contributed by atoms with Crippen molar-refractivity contribution in [1.29, 1.82) is 0 Å². The van der Waals surface area contributed by atoms with Crippen molar-refractivity contribution in [3.8, 4) is 0 Å². The summed E-state index contributed by atoms with van der Waals surface area (Å²) in [6.07, 6.45) is 4.72. The van der Waals surface area contributed by atoms with Crippen LogP contribution in [0.2, 0.25) is 0 Å². The van der Waals surface area contributed by atoms with Crippen LogP contribution >= 0.6 is 0 Å². The summed E-state index contributed by atoms with van der Waals surface area (Å²) in [6.45, 7) is 2.07. The number of aryl methyl sites for hydroxylation is 1. The molecule has 1 heterocycles. The molecule has 0 spiro atoms. The largest absolute Gasteiger partial charge is 0.429 e. The average molecular weight is 166 g/mol. The van der Waals surface area contributed by atoms with Crippen LogP contribution in [-0.2, 0) is 6.42 Å². The standard InChI is InChI=1S/C9H14N2O/c1-2-7-8(6-4-3-5-6)11-9(10)12-7/h6H,2-5H2,1H3,(H2,10,11). The number of anilines is 1. The molecule has 1 aliphatic rings. The summed E-state index contributed by atoms with van der Waals surface area (Å²) in [5, 5.41) is 0. The maximum atomic E-state index is 5.49. The van der Waals surface area contributed by atoms with Gasteiger partial charge in [-0.25, -0.2) is 0 Å². The Morgan fingerprint density at radius 2 is 2.33 bits per heavy atom. The Morgan fingerprint density at radius 1 is 1.58 bits per heavy atom. The second-order valence-electron chi connectivity index (χ2n) is 3.34. The number of hydrogen-bond donors (Lipinski definition) is 1. The highest BCUT2D eigenvalue weighted by Crippen LogP contribution is 2.38. The van der Waals surface area contributed by atoms with E-state index in [2.05, 4.69) is 11.9 Å². The Morgan fingerprint density at radius 3 is 2.83 bits per heavy atom. The van der Waals surface area contributed by atoms with E-state index in [9.17, 15) is 0 Å².